The van der Waals surface area contributed by atoms with Gasteiger partial charge in [0.15, 0.2) is 0 Å². The number of benzene rings is 3. The highest BCUT2D eigenvalue weighted by Gasteiger charge is 2.39. The number of rotatable bonds is 4. The van der Waals surface area contributed by atoms with E-state index >= 15 is 0 Å². The fraction of sp³-hybridized carbons (Fsp3) is 0.0800. The average Bonchev–Trinajstić information content (AvgIpc) is 3.20. The summed E-state index contributed by atoms with van der Waals surface area (Å²) in [5.74, 6) is -0.850. The molecule has 6 nitrogen and oxygen atoms in total. The number of nitrogens with zero attached hydrogens (tertiary/aromatic N) is 2. The molecule has 2 heterocycles. The van der Waals surface area contributed by atoms with Gasteiger partial charge in [-0.2, -0.15) is 9.78 Å². The molecule has 32 heavy (non-hydrogen) atoms. The van der Waals surface area contributed by atoms with Crippen molar-refractivity contribution < 1.29 is 14.3 Å². The molecular weight excluding hydrogens is 426 g/mol. The molecular formula is C25H18ClN3O3. The lowest BCUT2D eigenvalue weighted by Gasteiger charge is -2.23. The largest absolute Gasteiger partial charge is 0.497 e. The fourth-order valence-corrected chi connectivity index (χ4v) is 4.11. The second kappa shape index (κ2) is 7.98. The van der Waals surface area contributed by atoms with Gasteiger partial charge >= 0.3 is 0 Å². The van der Waals surface area contributed by atoms with Crippen molar-refractivity contribution in [2.45, 2.75) is 5.92 Å². The van der Waals surface area contributed by atoms with Crippen molar-refractivity contribution in [3.05, 3.63) is 89.4 Å². The minimum absolute atomic E-state index is 0.339. The van der Waals surface area contributed by atoms with Gasteiger partial charge in [0.25, 0.3) is 5.91 Å². The first kappa shape index (κ1) is 20.0. The summed E-state index contributed by atoms with van der Waals surface area (Å²) in [7, 11) is 1.56. The van der Waals surface area contributed by atoms with Crippen LogP contribution in [0.4, 0.5) is 5.82 Å². The summed E-state index contributed by atoms with van der Waals surface area (Å²) in [6.07, 6.45) is 0. The number of hydrogen-bond donors (Lipinski definition) is 1. The van der Waals surface area contributed by atoms with Gasteiger partial charge < -0.3 is 10.1 Å². The molecule has 0 saturated heterocycles. The Balaban J connectivity index is 1.68. The number of carbonyl (C=O) groups excluding carboxylic acids is 2. The van der Waals surface area contributed by atoms with Gasteiger partial charge in [0, 0.05) is 10.6 Å². The lowest BCUT2D eigenvalue weighted by molar-refractivity contribution is -0.117. The fourth-order valence-electron chi connectivity index (χ4n) is 3.92. The number of anilines is 1. The third-order valence-electron chi connectivity index (χ3n) is 5.45. The molecule has 158 valence electrons. The first-order chi connectivity index (χ1) is 15.6. The zero-order valence-electron chi connectivity index (χ0n) is 17.1. The van der Waals surface area contributed by atoms with Crippen LogP contribution >= 0.6 is 11.6 Å². The number of fused-ring (bicyclic) bond motifs is 1. The van der Waals surface area contributed by atoms with Crippen molar-refractivity contribution in [1.82, 2.24) is 9.78 Å². The molecule has 0 radical (unpaired) electrons. The predicted octanol–water partition coefficient (Wildman–Crippen LogP) is 5.26. The summed E-state index contributed by atoms with van der Waals surface area (Å²) in [6.45, 7) is 0. The lowest BCUT2D eigenvalue weighted by Crippen LogP contribution is -2.38. The molecule has 3 aromatic carbocycles. The lowest BCUT2D eigenvalue weighted by atomic mass is 9.95. The molecule has 1 amide bonds. The van der Waals surface area contributed by atoms with E-state index in [-0.39, 0.29) is 0 Å². The predicted molar refractivity (Wildman–Crippen MR) is 123 cm³/mol. The number of hydrogen-bond acceptors (Lipinski definition) is 4. The molecule has 0 saturated carbocycles. The van der Waals surface area contributed by atoms with Crippen LogP contribution in [0.25, 0.3) is 22.4 Å². The number of nitrogens with one attached hydrogen (secondary N) is 1. The zero-order chi connectivity index (χ0) is 22.2. The number of aromatic nitrogens is 2. The van der Waals surface area contributed by atoms with E-state index in [1.807, 2.05) is 42.5 Å². The third-order valence-corrected chi connectivity index (χ3v) is 5.69. The third kappa shape index (κ3) is 3.35. The van der Waals surface area contributed by atoms with Crippen LogP contribution in [0, 0.1) is 0 Å². The van der Waals surface area contributed by atoms with Crippen LogP contribution in [-0.2, 0) is 4.79 Å². The van der Waals surface area contributed by atoms with Crippen LogP contribution in [0.2, 0.25) is 5.02 Å². The number of carbonyl (C=O) groups is 2. The second-order valence-corrected chi connectivity index (χ2v) is 7.83. The first-order valence-corrected chi connectivity index (χ1v) is 10.4. The number of ether oxygens (including phenoxy) is 1. The quantitative estimate of drug-likeness (QED) is 0.437. The van der Waals surface area contributed by atoms with E-state index in [2.05, 4.69) is 10.4 Å². The van der Waals surface area contributed by atoms with E-state index in [9.17, 15) is 9.59 Å². The maximum atomic E-state index is 13.5. The smallest absolute Gasteiger partial charge is 0.265 e. The molecule has 0 bridgehead atoms. The van der Waals surface area contributed by atoms with Crippen LogP contribution < -0.4 is 10.1 Å². The summed E-state index contributed by atoms with van der Waals surface area (Å²) in [5.41, 5.74) is 3.39. The Morgan fingerprint density at radius 2 is 1.66 bits per heavy atom. The van der Waals surface area contributed by atoms with E-state index in [0.29, 0.717) is 33.4 Å². The molecule has 7 heteroatoms. The Labute approximate surface area is 189 Å². The maximum absolute atomic E-state index is 13.5. The topological polar surface area (TPSA) is 73.2 Å². The summed E-state index contributed by atoms with van der Waals surface area (Å²) in [4.78, 5) is 26.5. The first-order valence-electron chi connectivity index (χ1n) is 10.00. The molecule has 1 aliphatic heterocycles. The summed E-state index contributed by atoms with van der Waals surface area (Å²) >= 11 is 6.24. The van der Waals surface area contributed by atoms with Crippen molar-refractivity contribution in [3.63, 3.8) is 0 Å². The molecule has 5 rings (SSSR count). The molecule has 1 N–H and O–H groups in total. The molecule has 0 fully saturated rings. The van der Waals surface area contributed by atoms with Crippen molar-refractivity contribution in [1.29, 1.82) is 0 Å². The summed E-state index contributed by atoms with van der Waals surface area (Å²) < 4.78 is 6.47. The highest BCUT2D eigenvalue weighted by atomic mass is 35.5. The zero-order valence-corrected chi connectivity index (χ0v) is 17.8. The van der Waals surface area contributed by atoms with E-state index < -0.39 is 17.7 Å². The SMILES string of the molecule is COc1ccc(C2C(=O)Nc3c(-c4cccc(Cl)c4)c(-c4ccccc4)nn3C2=O)cc1. The molecule has 0 spiro atoms. The van der Waals surface area contributed by atoms with Gasteiger partial charge in [0.05, 0.1) is 12.7 Å². The molecule has 1 atom stereocenters. The van der Waals surface area contributed by atoms with E-state index in [4.69, 9.17) is 16.3 Å². The van der Waals surface area contributed by atoms with E-state index in [0.717, 1.165) is 11.1 Å². The van der Waals surface area contributed by atoms with Crippen LogP contribution in [-0.4, -0.2) is 28.7 Å². The van der Waals surface area contributed by atoms with Crippen LogP contribution in [0.5, 0.6) is 5.75 Å². The molecule has 1 unspecified atom stereocenters. The Morgan fingerprint density at radius 3 is 2.34 bits per heavy atom. The Kier molecular flexibility index (Phi) is 4.99. The summed E-state index contributed by atoms with van der Waals surface area (Å²) in [5, 5.41) is 8.09. The van der Waals surface area contributed by atoms with Crippen molar-refractivity contribution in [3.8, 4) is 28.1 Å². The Hall–Kier alpha value is -3.90. The van der Waals surface area contributed by atoms with Gasteiger partial charge in [-0.3, -0.25) is 9.59 Å². The number of methoxy groups -OCH3 is 1. The Morgan fingerprint density at radius 1 is 0.938 bits per heavy atom. The molecule has 4 aromatic rings. The number of halogens is 1. The maximum Gasteiger partial charge on any atom is 0.265 e. The minimum Gasteiger partial charge on any atom is -0.497 e. The van der Waals surface area contributed by atoms with Crippen molar-refractivity contribution >= 4 is 29.2 Å². The summed E-state index contributed by atoms with van der Waals surface area (Å²) in [6, 6.07) is 23.7. The normalized spacial score (nSPS) is 15.2. The van der Waals surface area contributed by atoms with Crippen molar-refractivity contribution in [2.75, 3.05) is 12.4 Å². The van der Waals surface area contributed by atoms with Gasteiger partial charge in [-0.05, 0) is 35.4 Å². The Bertz CT molecular complexity index is 1330. The van der Waals surface area contributed by atoms with Crippen molar-refractivity contribution in [2.24, 2.45) is 0 Å². The second-order valence-electron chi connectivity index (χ2n) is 7.39. The van der Waals surface area contributed by atoms with E-state index in [1.54, 1.807) is 43.5 Å². The highest BCUT2D eigenvalue weighted by Crippen LogP contribution is 2.41. The van der Waals surface area contributed by atoms with Gasteiger partial charge in [-0.25, -0.2) is 0 Å². The minimum atomic E-state index is -1.01. The van der Waals surface area contributed by atoms with E-state index in [1.165, 1.54) is 4.68 Å². The van der Waals surface area contributed by atoms with Gasteiger partial charge in [0.1, 0.15) is 23.2 Å². The van der Waals surface area contributed by atoms with Gasteiger partial charge in [-0.15, -0.1) is 0 Å². The molecule has 0 aliphatic carbocycles. The average molecular weight is 444 g/mol. The van der Waals surface area contributed by atoms with Gasteiger partial charge in [0.2, 0.25) is 5.91 Å². The molecule has 1 aromatic heterocycles. The monoisotopic (exact) mass is 443 g/mol. The van der Waals surface area contributed by atoms with Crippen LogP contribution in [0.15, 0.2) is 78.9 Å². The van der Waals surface area contributed by atoms with Crippen LogP contribution in [0.3, 0.4) is 0 Å². The molecule has 1 aliphatic rings. The standard InChI is InChI=1S/C25H18ClN3O3/c1-32-19-12-10-15(11-13-19)21-24(30)27-23-20(17-8-5-9-18(26)14-17)22(28-29(23)25(21)31)16-6-3-2-4-7-16/h2-14,21H,1H3,(H,27,30). The van der Waals surface area contributed by atoms with Gasteiger partial charge in [-0.1, -0.05) is 66.2 Å². The highest BCUT2D eigenvalue weighted by molar-refractivity contribution is 6.31. The van der Waals surface area contributed by atoms with Crippen LogP contribution in [0.1, 0.15) is 16.3 Å². The number of amides is 1.